The maximum Gasteiger partial charge on any atom is 0.434 e. The highest BCUT2D eigenvalue weighted by atomic mass is 16.6. The Morgan fingerprint density at radius 1 is 1.75 bits per heavy atom. The number of amidine groups is 1. The summed E-state index contributed by atoms with van der Waals surface area (Å²) in [6.45, 7) is 0. The quantitative estimate of drug-likeness (QED) is 0.279. The second-order valence-corrected chi connectivity index (χ2v) is 2.63. The number of nitrogens with one attached hydrogen (secondary N) is 1. The summed E-state index contributed by atoms with van der Waals surface area (Å²) < 4.78 is 4.73. The molecule has 9 nitrogen and oxygen atoms in total. The van der Waals surface area contributed by atoms with Gasteiger partial charge in [-0.15, -0.1) is 0 Å². The van der Waals surface area contributed by atoms with Crippen LogP contribution in [0.4, 0.5) is 5.88 Å². The third kappa shape index (κ3) is 1.98. The van der Waals surface area contributed by atoms with Crippen molar-refractivity contribution in [2.24, 2.45) is 10.7 Å². The molecule has 0 unspecified atom stereocenters. The van der Waals surface area contributed by atoms with E-state index < -0.39 is 16.7 Å². The zero-order valence-electron chi connectivity index (χ0n) is 8.13. The van der Waals surface area contributed by atoms with Crippen LogP contribution >= 0.6 is 0 Å². The molecule has 1 aromatic rings. The van der Waals surface area contributed by atoms with Crippen molar-refractivity contribution in [3.63, 3.8) is 0 Å². The number of nitro groups is 1. The molecule has 0 aliphatic heterocycles. The Kier molecular flexibility index (Phi) is 3.20. The number of furan rings is 1. The van der Waals surface area contributed by atoms with Crippen molar-refractivity contribution in [2.75, 3.05) is 7.05 Å². The molecule has 0 bridgehead atoms. The highest BCUT2D eigenvalue weighted by molar-refractivity contribution is 6.07. The third-order valence-electron chi connectivity index (χ3n) is 1.71. The highest BCUT2D eigenvalue weighted by Gasteiger charge is 2.25. The molecule has 0 saturated carbocycles. The number of hydrogen-bond donors (Lipinski definition) is 3. The number of nitrogens with zero attached hydrogens (tertiary/aromatic N) is 2. The molecule has 4 N–H and O–H groups in total. The van der Waals surface area contributed by atoms with Gasteiger partial charge in [0.1, 0.15) is 4.92 Å². The first kappa shape index (κ1) is 11.7. The van der Waals surface area contributed by atoms with Gasteiger partial charge in [0.2, 0.25) is 0 Å². The summed E-state index contributed by atoms with van der Waals surface area (Å²) in [5.74, 6) is -2.12. The van der Waals surface area contributed by atoms with E-state index in [1.165, 1.54) is 7.05 Å². The number of hydrogen-bond acceptors (Lipinski definition) is 6. The van der Waals surface area contributed by atoms with E-state index in [0.29, 0.717) is 0 Å². The van der Waals surface area contributed by atoms with Crippen molar-refractivity contribution in [1.82, 2.24) is 5.48 Å². The van der Waals surface area contributed by atoms with Crippen molar-refractivity contribution < 1.29 is 19.3 Å². The van der Waals surface area contributed by atoms with Gasteiger partial charge in [0, 0.05) is 7.05 Å². The number of aliphatic imine (C=N–C) groups is 1. The molecule has 0 atom stereocenters. The number of primary amides is 1. The lowest BCUT2D eigenvalue weighted by Crippen LogP contribution is -2.23. The third-order valence-corrected chi connectivity index (χ3v) is 1.71. The van der Waals surface area contributed by atoms with Crippen LogP contribution < -0.4 is 11.2 Å². The normalized spacial score (nSPS) is 11.2. The summed E-state index contributed by atoms with van der Waals surface area (Å²) in [4.78, 5) is 24.1. The Morgan fingerprint density at radius 2 is 2.38 bits per heavy atom. The first-order valence-corrected chi connectivity index (χ1v) is 3.96. The fourth-order valence-electron chi connectivity index (χ4n) is 1.03. The molecule has 0 radical (unpaired) electrons. The van der Waals surface area contributed by atoms with E-state index in [-0.39, 0.29) is 17.2 Å². The van der Waals surface area contributed by atoms with Crippen molar-refractivity contribution in [3.8, 4) is 0 Å². The number of carbonyl (C=O) groups excluding carboxylic acids is 1. The van der Waals surface area contributed by atoms with Gasteiger partial charge in [0.15, 0.2) is 11.6 Å². The molecule has 16 heavy (non-hydrogen) atoms. The molecule has 0 spiro atoms. The first-order chi connectivity index (χ1) is 7.51. The molecule has 0 aromatic carbocycles. The number of amides is 1. The van der Waals surface area contributed by atoms with Crippen molar-refractivity contribution in [1.29, 1.82) is 0 Å². The van der Waals surface area contributed by atoms with E-state index in [4.69, 9.17) is 15.4 Å². The zero-order chi connectivity index (χ0) is 12.3. The van der Waals surface area contributed by atoms with Crippen molar-refractivity contribution >= 4 is 17.6 Å². The maximum atomic E-state index is 11.0. The van der Waals surface area contributed by atoms with Crippen LogP contribution in [0, 0.1) is 10.1 Å². The Bertz CT molecular complexity index is 463. The molecule has 0 fully saturated rings. The number of rotatable bonds is 3. The summed E-state index contributed by atoms with van der Waals surface area (Å²) in [5, 5.41) is 19.1. The van der Waals surface area contributed by atoms with E-state index in [9.17, 15) is 14.9 Å². The van der Waals surface area contributed by atoms with Crippen LogP contribution in [0.2, 0.25) is 0 Å². The smallest absolute Gasteiger partial charge is 0.396 e. The molecule has 1 amide bonds. The average molecular weight is 228 g/mol. The predicted molar refractivity (Wildman–Crippen MR) is 51.3 cm³/mol. The van der Waals surface area contributed by atoms with Gasteiger partial charge < -0.3 is 10.2 Å². The summed E-state index contributed by atoms with van der Waals surface area (Å²) in [7, 11) is 1.29. The Hall–Kier alpha value is -2.42. The van der Waals surface area contributed by atoms with Gasteiger partial charge in [-0.25, -0.2) is 5.48 Å². The van der Waals surface area contributed by atoms with Gasteiger partial charge in [0.05, 0.1) is 11.6 Å². The lowest BCUT2D eigenvalue weighted by molar-refractivity contribution is -0.402. The molecule has 1 aromatic heterocycles. The molecule has 0 aliphatic rings. The molecular weight excluding hydrogens is 220 g/mol. The fourth-order valence-corrected chi connectivity index (χ4v) is 1.03. The summed E-state index contributed by atoms with van der Waals surface area (Å²) in [5.41, 5.74) is 6.39. The fraction of sp³-hybridized carbons (Fsp3) is 0.143. The average Bonchev–Trinajstić information content (AvgIpc) is 2.64. The Labute approximate surface area is 88.7 Å². The number of hydroxylamine groups is 1. The minimum Gasteiger partial charge on any atom is -0.396 e. The van der Waals surface area contributed by atoms with Crippen LogP contribution in [0.1, 0.15) is 16.1 Å². The molecule has 86 valence electrons. The topological polar surface area (TPSA) is 144 Å². The summed E-state index contributed by atoms with van der Waals surface area (Å²) in [6, 6.07) is 0.861. The second-order valence-electron chi connectivity index (χ2n) is 2.63. The van der Waals surface area contributed by atoms with Gasteiger partial charge in [0.25, 0.3) is 5.91 Å². The monoisotopic (exact) mass is 228 g/mol. The van der Waals surface area contributed by atoms with E-state index in [1.54, 1.807) is 5.48 Å². The molecule has 0 aliphatic carbocycles. The summed E-state index contributed by atoms with van der Waals surface area (Å²) >= 11 is 0. The number of nitrogens with two attached hydrogens (primary N) is 1. The van der Waals surface area contributed by atoms with Gasteiger partial charge in [-0.3, -0.25) is 25.1 Å². The maximum absolute atomic E-state index is 11.0. The standard InChI is InChI=1S/C7H8N4O5/c1-9-7(10-13)5-3(6(8)12)2-4(16-5)11(14)15/h2,13H,1H3,(H2,8,12)(H,9,10). The van der Waals surface area contributed by atoms with Gasteiger partial charge in [-0.2, -0.15) is 0 Å². The second kappa shape index (κ2) is 4.40. The highest BCUT2D eigenvalue weighted by Crippen LogP contribution is 2.21. The van der Waals surface area contributed by atoms with E-state index in [2.05, 4.69) is 4.99 Å². The first-order valence-electron chi connectivity index (χ1n) is 3.96. The molecular formula is C7H8N4O5. The van der Waals surface area contributed by atoms with E-state index in [0.717, 1.165) is 6.07 Å². The van der Waals surface area contributed by atoms with Crippen LogP contribution in [0.5, 0.6) is 0 Å². The predicted octanol–water partition coefficient (Wildman–Crippen LogP) is -0.358. The van der Waals surface area contributed by atoms with Crippen LogP contribution in [0.25, 0.3) is 0 Å². The minimum absolute atomic E-state index is 0.234. The number of carbonyl (C=O) groups is 1. The summed E-state index contributed by atoms with van der Waals surface area (Å²) in [6.07, 6.45) is 0. The van der Waals surface area contributed by atoms with Crippen LogP contribution in [-0.2, 0) is 0 Å². The largest absolute Gasteiger partial charge is 0.434 e. The van der Waals surface area contributed by atoms with Gasteiger partial charge in [-0.1, -0.05) is 0 Å². The van der Waals surface area contributed by atoms with Crippen LogP contribution in [-0.4, -0.2) is 28.9 Å². The van der Waals surface area contributed by atoms with Gasteiger partial charge in [-0.05, 0) is 0 Å². The van der Waals surface area contributed by atoms with Gasteiger partial charge >= 0.3 is 5.88 Å². The molecule has 1 heterocycles. The Morgan fingerprint density at radius 3 is 2.75 bits per heavy atom. The SMILES string of the molecule is CN=C(NO)c1oc([N+](=O)[O-])cc1C(N)=O. The van der Waals surface area contributed by atoms with E-state index >= 15 is 0 Å². The lowest BCUT2D eigenvalue weighted by atomic mass is 10.2. The van der Waals surface area contributed by atoms with Crippen LogP contribution in [0.3, 0.4) is 0 Å². The molecule has 9 heteroatoms. The van der Waals surface area contributed by atoms with Crippen LogP contribution in [0.15, 0.2) is 15.5 Å². The minimum atomic E-state index is -0.928. The van der Waals surface area contributed by atoms with Crippen molar-refractivity contribution in [3.05, 3.63) is 27.5 Å². The molecule has 0 saturated heterocycles. The van der Waals surface area contributed by atoms with Crippen molar-refractivity contribution in [2.45, 2.75) is 0 Å². The van der Waals surface area contributed by atoms with E-state index in [1.807, 2.05) is 0 Å². The Balaban J connectivity index is 3.36. The molecule has 1 rings (SSSR count). The lowest BCUT2D eigenvalue weighted by Gasteiger charge is -1.99. The zero-order valence-corrected chi connectivity index (χ0v) is 8.13.